The molecule has 2 heterocycles. The van der Waals surface area contributed by atoms with Crippen LogP contribution in [0, 0.1) is 0 Å². The van der Waals surface area contributed by atoms with E-state index in [0.29, 0.717) is 24.0 Å². The maximum Gasteiger partial charge on any atom is 0.253 e. The van der Waals surface area contributed by atoms with Gasteiger partial charge in [0.1, 0.15) is 0 Å². The lowest BCUT2D eigenvalue weighted by molar-refractivity contribution is -0.117. The summed E-state index contributed by atoms with van der Waals surface area (Å²) in [7, 11) is 0. The van der Waals surface area contributed by atoms with E-state index in [2.05, 4.69) is 10.6 Å². The molecule has 2 aliphatic rings. The standard InChI is InChI=1S/C36H50N4O4/c41-33(37-31-21-17-29(18-22-31)35(43)39-25-11-5-6-12-26-39)15-9-3-1-2-4-10-16-34(42)38-32-23-19-30(20-24-32)36(44)40-27-13-7-8-14-28-40/h17-24H,1-16,25-28H2,(H,37,41)(H,38,42). The molecule has 0 unspecified atom stereocenters. The molecule has 2 aromatic rings. The molecule has 2 aliphatic heterocycles. The Morgan fingerprint density at radius 1 is 0.455 bits per heavy atom. The van der Waals surface area contributed by atoms with E-state index < -0.39 is 0 Å². The second kappa shape index (κ2) is 18.2. The zero-order valence-electron chi connectivity index (χ0n) is 26.3. The molecule has 0 bridgehead atoms. The highest BCUT2D eigenvalue weighted by molar-refractivity contribution is 5.96. The highest BCUT2D eigenvalue weighted by Gasteiger charge is 2.18. The van der Waals surface area contributed by atoms with E-state index in [1.807, 2.05) is 34.1 Å². The number of unbranched alkanes of at least 4 members (excludes halogenated alkanes) is 5. The molecule has 0 radical (unpaired) electrons. The minimum Gasteiger partial charge on any atom is -0.339 e. The second-order valence-electron chi connectivity index (χ2n) is 12.3. The summed E-state index contributed by atoms with van der Waals surface area (Å²) in [6.45, 7) is 3.30. The molecule has 0 atom stereocenters. The van der Waals surface area contributed by atoms with E-state index in [0.717, 1.165) is 102 Å². The minimum absolute atomic E-state index is 0.00684. The van der Waals surface area contributed by atoms with Crippen LogP contribution in [0.3, 0.4) is 0 Å². The van der Waals surface area contributed by atoms with Crippen LogP contribution in [-0.2, 0) is 9.59 Å². The average Bonchev–Trinajstić information content (AvgIpc) is 3.49. The van der Waals surface area contributed by atoms with Gasteiger partial charge in [0.25, 0.3) is 11.8 Å². The van der Waals surface area contributed by atoms with Crippen LogP contribution in [0.2, 0.25) is 0 Å². The van der Waals surface area contributed by atoms with Crippen LogP contribution in [0.1, 0.15) is 123 Å². The van der Waals surface area contributed by atoms with Gasteiger partial charge in [0, 0.05) is 61.5 Å². The van der Waals surface area contributed by atoms with Gasteiger partial charge in [-0.1, -0.05) is 51.4 Å². The number of likely N-dealkylation sites (tertiary alicyclic amines) is 2. The molecular formula is C36H50N4O4. The van der Waals surface area contributed by atoms with Crippen molar-refractivity contribution >= 4 is 35.0 Å². The molecular weight excluding hydrogens is 552 g/mol. The van der Waals surface area contributed by atoms with Crippen LogP contribution in [0.15, 0.2) is 48.5 Å². The van der Waals surface area contributed by atoms with Gasteiger partial charge in [0.05, 0.1) is 0 Å². The summed E-state index contributed by atoms with van der Waals surface area (Å²) in [5.74, 6) is 0.139. The molecule has 8 heteroatoms. The molecule has 238 valence electrons. The van der Waals surface area contributed by atoms with Crippen molar-refractivity contribution in [1.82, 2.24) is 9.80 Å². The van der Waals surface area contributed by atoms with Gasteiger partial charge in [-0.25, -0.2) is 0 Å². The molecule has 2 saturated heterocycles. The molecule has 0 spiro atoms. The van der Waals surface area contributed by atoms with E-state index in [9.17, 15) is 19.2 Å². The highest BCUT2D eigenvalue weighted by Crippen LogP contribution is 2.18. The Morgan fingerprint density at radius 3 is 1.11 bits per heavy atom. The third-order valence-electron chi connectivity index (χ3n) is 8.68. The third kappa shape index (κ3) is 11.1. The van der Waals surface area contributed by atoms with E-state index in [1.54, 1.807) is 24.3 Å². The summed E-state index contributed by atoms with van der Waals surface area (Å²) >= 11 is 0. The Bertz CT molecular complexity index is 1100. The number of hydrogen-bond acceptors (Lipinski definition) is 4. The fourth-order valence-corrected chi connectivity index (χ4v) is 6.03. The van der Waals surface area contributed by atoms with Gasteiger partial charge in [0.15, 0.2) is 0 Å². The summed E-state index contributed by atoms with van der Waals surface area (Å²) in [6, 6.07) is 14.5. The molecule has 4 rings (SSSR count). The molecule has 0 saturated carbocycles. The van der Waals surface area contributed by atoms with Crippen molar-refractivity contribution in [1.29, 1.82) is 0 Å². The second-order valence-corrected chi connectivity index (χ2v) is 12.3. The number of rotatable bonds is 13. The van der Waals surface area contributed by atoms with Crippen LogP contribution >= 0.6 is 0 Å². The minimum atomic E-state index is -0.00684. The first-order chi connectivity index (χ1) is 21.5. The van der Waals surface area contributed by atoms with Gasteiger partial charge in [-0.05, 0) is 87.1 Å². The summed E-state index contributed by atoms with van der Waals surface area (Å²) in [4.78, 5) is 54.1. The van der Waals surface area contributed by atoms with E-state index in [4.69, 9.17) is 0 Å². The summed E-state index contributed by atoms with van der Waals surface area (Å²) in [6.07, 6.45) is 15.6. The lowest BCUT2D eigenvalue weighted by Gasteiger charge is -2.20. The summed E-state index contributed by atoms with van der Waals surface area (Å²) in [5, 5.41) is 5.88. The first-order valence-electron chi connectivity index (χ1n) is 16.9. The van der Waals surface area contributed by atoms with Gasteiger partial charge >= 0.3 is 0 Å². The normalized spacial score (nSPS) is 15.6. The van der Waals surface area contributed by atoms with Gasteiger partial charge < -0.3 is 20.4 Å². The van der Waals surface area contributed by atoms with Crippen molar-refractivity contribution in [2.45, 2.75) is 103 Å². The molecule has 8 nitrogen and oxygen atoms in total. The average molecular weight is 603 g/mol. The molecule has 0 aliphatic carbocycles. The highest BCUT2D eigenvalue weighted by atomic mass is 16.2. The number of hydrogen-bond donors (Lipinski definition) is 2. The Morgan fingerprint density at radius 2 is 0.773 bits per heavy atom. The predicted molar refractivity (Wildman–Crippen MR) is 176 cm³/mol. The van der Waals surface area contributed by atoms with E-state index >= 15 is 0 Å². The number of amides is 4. The van der Waals surface area contributed by atoms with Crippen molar-refractivity contribution in [2.24, 2.45) is 0 Å². The zero-order chi connectivity index (χ0) is 31.0. The predicted octanol–water partition coefficient (Wildman–Crippen LogP) is 7.42. The number of benzene rings is 2. The Balaban J connectivity index is 1.03. The number of nitrogens with zero attached hydrogens (tertiary/aromatic N) is 2. The maximum absolute atomic E-state index is 12.7. The topological polar surface area (TPSA) is 98.8 Å². The van der Waals surface area contributed by atoms with Crippen LogP contribution in [-0.4, -0.2) is 59.6 Å². The first-order valence-corrected chi connectivity index (χ1v) is 16.9. The van der Waals surface area contributed by atoms with Crippen molar-refractivity contribution < 1.29 is 19.2 Å². The number of carbonyl (C=O) groups is 4. The summed E-state index contributed by atoms with van der Waals surface area (Å²) in [5.41, 5.74) is 2.79. The quantitative estimate of drug-likeness (QED) is 0.233. The Kier molecular flexibility index (Phi) is 13.7. The van der Waals surface area contributed by atoms with Crippen molar-refractivity contribution in [3.05, 3.63) is 59.7 Å². The fraction of sp³-hybridized carbons (Fsp3) is 0.556. The molecule has 44 heavy (non-hydrogen) atoms. The Labute approximate surface area is 263 Å². The molecule has 2 fully saturated rings. The van der Waals surface area contributed by atoms with E-state index in [-0.39, 0.29) is 23.6 Å². The maximum atomic E-state index is 12.7. The van der Waals surface area contributed by atoms with Gasteiger partial charge in [-0.3, -0.25) is 19.2 Å². The van der Waals surface area contributed by atoms with Gasteiger partial charge in [-0.2, -0.15) is 0 Å². The van der Waals surface area contributed by atoms with E-state index in [1.165, 1.54) is 25.7 Å². The smallest absolute Gasteiger partial charge is 0.253 e. The molecule has 4 amide bonds. The largest absolute Gasteiger partial charge is 0.339 e. The number of anilines is 2. The summed E-state index contributed by atoms with van der Waals surface area (Å²) < 4.78 is 0. The monoisotopic (exact) mass is 602 g/mol. The van der Waals surface area contributed by atoms with Crippen molar-refractivity contribution in [2.75, 3.05) is 36.8 Å². The SMILES string of the molecule is O=C(CCCCCCCCC(=O)Nc1ccc(C(=O)N2CCCCCC2)cc1)Nc1ccc(C(=O)N2CCCCCC2)cc1. The number of nitrogens with one attached hydrogen (secondary N) is 2. The molecule has 2 N–H and O–H groups in total. The van der Waals surface area contributed by atoms with Crippen LogP contribution < -0.4 is 10.6 Å². The van der Waals surface area contributed by atoms with Crippen LogP contribution in [0.5, 0.6) is 0 Å². The number of carbonyl (C=O) groups excluding carboxylic acids is 4. The van der Waals surface area contributed by atoms with Crippen LogP contribution in [0.25, 0.3) is 0 Å². The molecule has 2 aromatic carbocycles. The van der Waals surface area contributed by atoms with Gasteiger partial charge in [0.2, 0.25) is 11.8 Å². The lowest BCUT2D eigenvalue weighted by Crippen LogP contribution is -2.31. The van der Waals surface area contributed by atoms with Crippen molar-refractivity contribution in [3.8, 4) is 0 Å². The van der Waals surface area contributed by atoms with Gasteiger partial charge in [-0.15, -0.1) is 0 Å². The van der Waals surface area contributed by atoms with Crippen LogP contribution in [0.4, 0.5) is 11.4 Å². The molecule has 0 aromatic heterocycles. The third-order valence-corrected chi connectivity index (χ3v) is 8.68. The first kappa shape index (κ1) is 33.2. The Hall–Kier alpha value is -3.68. The van der Waals surface area contributed by atoms with Crippen molar-refractivity contribution in [3.63, 3.8) is 0 Å². The lowest BCUT2D eigenvalue weighted by atomic mass is 10.1. The fourth-order valence-electron chi connectivity index (χ4n) is 6.03. The zero-order valence-corrected chi connectivity index (χ0v) is 26.3.